The fourth-order valence-electron chi connectivity index (χ4n) is 4.57. The third kappa shape index (κ3) is 5.63. The molecule has 1 saturated heterocycles. The molecular formula is C30H30N6O2. The van der Waals surface area contributed by atoms with Crippen molar-refractivity contribution in [2.75, 3.05) is 37.7 Å². The SMILES string of the molecule is C#Cc1ccc(CN2CCN(c3ccc(-c4cc(OCC(C)(C)O)cn5ncc(C#N)c45)cn3)CC2)cc1. The molecule has 1 aliphatic heterocycles. The maximum Gasteiger partial charge on any atom is 0.138 e. The van der Waals surface area contributed by atoms with Gasteiger partial charge in [0.15, 0.2) is 0 Å². The Kier molecular flexibility index (Phi) is 7.02. The van der Waals surface area contributed by atoms with E-state index in [1.165, 1.54) is 5.56 Å². The Morgan fingerprint density at radius 2 is 1.84 bits per heavy atom. The summed E-state index contributed by atoms with van der Waals surface area (Å²) in [6.07, 6.45) is 10.6. The van der Waals surface area contributed by atoms with Gasteiger partial charge in [0, 0.05) is 55.6 Å². The summed E-state index contributed by atoms with van der Waals surface area (Å²) < 4.78 is 7.47. The topological polar surface area (TPSA) is 89.9 Å². The highest BCUT2D eigenvalue weighted by Gasteiger charge is 2.20. The molecule has 4 heterocycles. The van der Waals surface area contributed by atoms with Crippen molar-refractivity contribution in [2.24, 2.45) is 0 Å². The lowest BCUT2D eigenvalue weighted by Gasteiger charge is -2.35. The van der Waals surface area contributed by atoms with Crippen molar-refractivity contribution < 1.29 is 9.84 Å². The lowest BCUT2D eigenvalue weighted by molar-refractivity contribution is 0.0283. The van der Waals surface area contributed by atoms with E-state index in [9.17, 15) is 10.4 Å². The Balaban J connectivity index is 1.31. The van der Waals surface area contributed by atoms with E-state index in [4.69, 9.17) is 16.1 Å². The fourth-order valence-corrected chi connectivity index (χ4v) is 4.57. The van der Waals surface area contributed by atoms with Gasteiger partial charge in [-0.3, -0.25) is 4.90 Å². The summed E-state index contributed by atoms with van der Waals surface area (Å²) in [6, 6.07) is 16.3. The lowest BCUT2D eigenvalue weighted by Crippen LogP contribution is -2.46. The highest BCUT2D eigenvalue weighted by Crippen LogP contribution is 2.31. The van der Waals surface area contributed by atoms with Crippen LogP contribution in [0.2, 0.25) is 0 Å². The van der Waals surface area contributed by atoms with Crippen LogP contribution in [0.1, 0.15) is 30.5 Å². The average molecular weight is 507 g/mol. The molecule has 0 unspecified atom stereocenters. The molecule has 0 aliphatic carbocycles. The summed E-state index contributed by atoms with van der Waals surface area (Å²) in [4.78, 5) is 9.49. The van der Waals surface area contributed by atoms with E-state index >= 15 is 0 Å². The number of pyridine rings is 2. The molecule has 1 fully saturated rings. The molecule has 8 nitrogen and oxygen atoms in total. The third-order valence-electron chi connectivity index (χ3n) is 6.58. The van der Waals surface area contributed by atoms with Gasteiger partial charge in [0.2, 0.25) is 0 Å². The molecule has 38 heavy (non-hydrogen) atoms. The molecule has 1 N–H and O–H groups in total. The normalized spacial score (nSPS) is 14.3. The van der Waals surface area contributed by atoms with Crippen LogP contribution in [0.3, 0.4) is 0 Å². The Hall–Kier alpha value is -4.37. The van der Waals surface area contributed by atoms with Crippen LogP contribution in [0.4, 0.5) is 5.82 Å². The van der Waals surface area contributed by atoms with Crippen molar-refractivity contribution in [1.82, 2.24) is 19.5 Å². The summed E-state index contributed by atoms with van der Waals surface area (Å²) in [6.45, 7) is 8.08. The molecule has 0 radical (unpaired) electrons. The van der Waals surface area contributed by atoms with E-state index in [1.807, 2.05) is 36.5 Å². The summed E-state index contributed by atoms with van der Waals surface area (Å²) in [7, 11) is 0. The molecule has 0 spiro atoms. The predicted molar refractivity (Wildman–Crippen MR) is 147 cm³/mol. The van der Waals surface area contributed by atoms with Crippen LogP contribution in [0, 0.1) is 23.7 Å². The fraction of sp³-hybridized carbons (Fsp3) is 0.300. The molecule has 1 aromatic carbocycles. The van der Waals surface area contributed by atoms with Crippen LogP contribution in [0.15, 0.2) is 61.1 Å². The van der Waals surface area contributed by atoms with Gasteiger partial charge in [0.25, 0.3) is 0 Å². The van der Waals surface area contributed by atoms with Gasteiger partial charge in [-0.05, 0) is 49.7 Å². The van der Waals surface area contributed by atoms with E-state index in [1.54, 1.807) is 30.8 Å². The smallest absolute Gasteiger partial charge is 0.138 e. The van der Waals surface area contributed by atoms with Crippen molar-refractivity contribution in [3.8, 4) is 35.3 Å². The Labute approximate surface area is 222 Å². The van der Waals surface area contributed by atoms with E-state index in [2.05, 4.69) is 39.0 Å². The van der Waals surface area contributed by atoms with Crippen LogP contribution < -0.4 is 9.64 Å². The number of anilines is 1. The maximum atomic E-state index is 10.1. The monoisotopic (exact) mass is 506 g/mol. The largest absolute Gasteiger partial charge is 0.489 e. The number of hydrogen-bond donors (Lipinski definition) is 1. The van der Waals surface area contributed by atoms with Crippen molar-refractivity contribution >= 4 is 11.3 Å². The number of benzene rings is 1. The molecule has 3 aromatic heterocycles. The standard InChI is InChI=1S/C30H30N6O2/c1-4-22-5-7-23(8-6-22)19-34-11-13-35(14-12-34)28-10-9-24(17-32-28)27-15-26(38-21-30(2,3)37)20-36-29(27)25(16-31)18-33-36/h1,5-10,15,17-18,20,37H,11-14,19,21H2,2-3H3. The van der Waals surface area contributed by atoms with Crippen LogP contribution in [-0.2, 0) is 6.54 Å². The number of fused-ring (bicyclic) bond motifs is 1. The number of ether oxygens (including phenoxy) is 1. The second kappa shape index (κ2) is 10.5. The zero-order chi connectivity index (χ0) is 26.7. The van der Waals surface area contributed by atoms with Gasteiger partial charge in [0.05, 0.1) is 29.1 Å². The zero-order valence-corrected chi connectivity index (χ0v) is 21.6. The summed E-state index contributed by atoms with van der Waals surface area (Å²) in [5, 5.41) is 24.0. The second-order valence-corrected chi connectivity index (χ2v) is 10.2. The number of nitriles is 1. The molecule has 8 heteroatoms. The van der Waals surface area contributed by atoms with Gasteiger partial charge in [-0.25, -0.2) is 9.50 Å². The third-order valence-corrected chi connectivity index (χ3v) is 6.58. The van der Waals surface area contributed by atoms with Crippen molar-refractivity contribution in [2.45, 2.75) is 26.0 Å². The van der Waals surface area contributed by atoms with Gasteiger partial charge in [-0.15, -0.1) is 6.42 Å². The van der Waals surface area contributed by atoms with E-state index in [0.29, 0.717) is 16.8 Å². The Morgan fingerprint density at radius 1 is 1.08 bits per heavy atom. The molecule has 0 amide bonds. The number of hydrogen-bond acceptors (Lipinski definition) is 7. The zero-order valence-electron chi connectivity index (χ0n) is 21.6. The minimum atomic E-state index is -0.975. The maximum absolute atomic E-state index is 10.1. The molecule has 4 aromatic rings. The van der Waals surface area contributed by atoms with Gasteiger partial charge >= 0.3 is 0 Å². The number of terminal acetylenes is 1. The molecule has 5 rings (SSSR count). The molecule has 192 valence electrons. The van der Waals surface area contributed by atoms with Crippen LogP contribution >= 0.6 is 0 Å². The number of aliphatic hydroxyl groups is 1. The van der Waals surface area contributed by atoms with Gasteiger partial charge in [-0.1, -0.05) is 18.1 Å². The first-order valence-electron chi connectivity index (χ1n) is 12.6. The van der Waals surface area contributed by atoms with E-state index < -0.39 is 5.60 Å². The van der Waals surface area contributed by atoms with E-state index in [0.717, 1.165) is 55.2 Å². The minimum Gasteiger partial charge on any atom is -0.489 e. The van der Waals surface area contributed by atoms with Crippen LogP contribution in [0.5, 0.6) is 5.75 Å². The highest BCUT2D eigenvalue weighted by molar-refractivity contribution is 5.85. The Morgan fingerprint density at radius 3 is 2.47 bits per heavy atom. The first kappa shape index (κ1) is 25.3. The minimum absolute atomic E-state index is 0.129. The van der Waals surface area contributed by atoms with Crippen molar-refractivity contribution in [3.63, 3.8) is 0 Å². The first-order valence-corrected chi connectivity index (χ1v) is 12.6. The van der Waals surface area contributed by atoms with E-state index in [-0.39, 0.29) is 6.61 Å². The molecular weight excluding hydrogens is 476 g/mol. The molecule has 0 atom stereocenters. The number of piperazine rings is 1. The number of aromatic nitrogens is 3. The lowest BCUT2D eigenvalue weighted by atomic mass is 10.1. The molecule has 0 bridgehead atoms. The first-order chi connectivity index (χ1) is 18.3. The predicted octanol–water partition coefficient (Wildman–Crippen LogP) is 3.72. The van der Waals surface area contributed by atoms with Crippen LogP contribution in [-0.4, -0.2) is 63.0 Å². The summed E-state index contributed by atoms with van der Waals surface area (Å²) >= 11 is 0. The van der Waals surface area contributed by atoms with Gasteiger partial charge in [0.1, 0.15) is 24.2 Å². The number of nitrogens with zero attached hydrogens (tertiary/aromatic N) is 6. The average Bonchev–Trinajstić information content (AvgIpc) is 3.35. The Bertz CT molecular complexity index is 1500. The number of rotatable bonds is 7. The second-order valence-electron chi connectivity index (χ2n) is 10.2. The quantitative estimate of drug-likeness (QED) is 0.382. The summed E-state index contributed by atoms with van der Waals surface area (Å²) in [5.74, 6) is 4.14. The van der Waals surface area contributed by atoms with Crippen molar-refractivity contribution in [1.29, 1.82) is 5.26 Å². The van der Waals surface area contributed by atoms with Gasteiger partial charge in [-0.2, -0.15) is 10.4 Å². The van der Waals surface area contributed by atoms with Crippen molar-refractivity contribution in [3.05, 3.63) is 77.7 Å². The molecule has 1 aliphatic rings. The molecule has 0 saturated carbocycles. The highest BCUT2D eigenvalue weighted by atomic mass is 16.5. The summed E-state index contributed by atoms with van der Waals surface area (Å²) in [5.41, 5.74) is 4.02. The van der Waals surface area contributed by atoms with Gasteiger partial charge < -0.3 is 14.7 Å². The van der Waals surface area contributed by atoms with Crippen LogP contribution in [0.25, 0.3) is 16.6 Å².